The number of likely N-dealkylation sites (N-methyl/N-ethyl adjacent to an activating group) is 1. The highest BCUT2D eigenvalue weighted by atomic mass is 16.5. The van der Waals surface area contributed by atoms with Crippen molar-refractivity contribution in [2.75, 3.05) is 42.0 Å². The first-order valence-corrected chi connectivity index (χ1v) is 11.0. The Balaban J connectivity index is 1.82. The number of carbonyl (C=O) groups is 1. The molecule has 0 spiro atoms. The molecule has 32 heavy (non-hydrogen) atoms. The molecule has 0 aliphatic heterocycles. The van der Waals surface area contributed by atoms with Gasteiger partial charge in [-0.15, -0.1) is 0 Å². The van der Waals surface area contributed by atoms with Crippen molar-refractivity contribution in [3.8, 4) is 23.0 Å². The highest BCUT2D eigenvalue weighted by Crippen LogP contribution is 2.44. The second-order valence-electron chi connectivity index (χ2n) is 8.33. The highest BCUT2D eigenvalue weighted by Gasteiger charge is 2.27. The molecule has 1 aliphatic carbocycles. The molecule has 0 aromatic heterocycles. The van der Waals surface area contributed by atoms with Crippen LogP contribution in [0.25, 0.3) is 21.5 Å². The lowest BCUT2D eigenvalue weighted by molar-refractivity contribution is -0.136. The number of rotatable bonds is 8. The molecule has 0 saturated heterocycles. The van der Waals surface area contributed by atoms with Crippen LogP contribution in [0.4, 0.5) is 0 Å². The fourth-order valence-electron chi connectivity index (χ4n) is 4.51. The number of fused-ring (bicyclic) bond motifs is 3. The second kappa shape index (κ2) is 9.15. The Morgan fingerprint density at radius 2 is 1.59 bits per heavy atom. The minimum atomic E-state index is 0.202. The molecule has 6 heteroatoms. The number of nitrogens with zero attached hydrogens (tertiary/aromatic N) is 1. The summed E-state index contributed by atoms with van der Waals surface area (Å²) in [6.45, 7) is 0.657. The zero-order valence-electron chi connectivity index (χ0n) is 19.5. The van der Waals surface area contributed by atoms with Crippen molar-refractivity contribution in [1.29, 1.82) is 0 Å². The first kappa shape index (κ1) is 22.1. The van der Waals surface area contributed by atoms with Gasteiger partial charge in [-0.1, -0.05) is 18.6 Å². The van der Waals surface area contributed by atoms with Gasteiger partial charge in [0, 0.05) is 24.9 Å². The van der Waals surface area contributed by atoms with Crippen molar-refractivity contribution in [3.63, 3.8) is 0 Å². The first-order chi connectivity index (χ1) is 15.5. The lowest BCUT2D eigenvalue weighted by Gasteiger charge is -2.29. The molecule has 0 N–H and O–H groups in total. The summed E-state index contributed by atoms with van der Waals surface area (Å²) in [6, 6.07) is 10.2. The Hall–Kier alpha value is -3.15. The molecule has 1 saturated carbocycles. The van der Waals surface area contributed by atoms with Crippen LogP contribution in [0.15, 0.2) is 30.3 Å². The second-order valence-corrected chi connectivity index (χ2v) is 8.33. The van der Waals surface area contributed by atoms with E-state index in [-0.39, 0.29) is 11.8 Å². The van der Waals surface area contributed by atoms with E-state index >= 15 is 0 Å². The molecule has 1 amide bonds. The summed E-state index contributed by atoms with van der Waals surface area (Å²) in [7, 11) is 8.47. The van der Waals surface area contributed by atoms with Crippen LogP contribution in [0.1, 0.15) is 24.8 Å². The monoisotopic (exact) mass is 437 g/mol. The van der Waals surface area contributed by atoms with Crippen LogP contribution in [-0.4, -0.2) is 52.8 Å². The normalized spacial score (nSPS) is 13.7. The van der Waals surface area contributed by atoms with Gasteiger partial charge in [0.05, 0.1) is 28.4 Å². The van der Waals surface area contributed by atoms with E-state index in [1.165, 1.54) is 0 Å². The first-order valence-electron chi connectivity index (χ1n) is 11.0. The molecule has 0 radical (unpaired) electrons. The summed E-state index contributed by atoms with van der Waals surface area (Å²) in [5, 5.41) is 4.06. The zero-order chi connectivity index (χ0) is 22.8. The number of methoxy groups -OCH3 is 4. The SMILES string of the molecule is COc1cc2ccc3c(CCN(C)C(=O)C4CCC4)cc(OC)c(OC)c3c2cc1OC. The van der Waals surface area contributed by atoms with Crippen molar-refractivity contribution in [1.82, 2.24) is 4.90 Å². The molecule has 4 rings (SSSR count). The van der Waals surface area contributed by atoms with Crippen LogP contribution >= 0.6 is 0 Å². The third kappa shape index (κ3) is 3.78. The lowest BCUT2D eigenvalue weighted by atomic mass is 9.84. The van der Waals surface area contributed by atoms with Gasteiger partial charge < -0.3 is 23.8 Å². The van der Waals surface area contributed by atoms with E-state index in [9.17, 15) is 4.79 Å². The van der Waals surface area contributed by atoms with E-state index in [2.05, 4.69) is 12.1 Å². The average molecular weight is 438 g/mol. The number of carbonyl (C=O) groups excluding carboxylic acids is 1. The minimum Gasteiger partial charge on any atom is -0.493 e. The van der Waals surface area contributed by atoms with Crippen LogP contribution in [-0.2, 0) is 11.2 Å². The summed E-state index contributed by atoms with van der Waals surface area (Å²) in [4.78, 5) is 14.5. The number of amides is 1. The summed E-state index contributed by atoms with van der Waals surface area (Å²) in [5.41, 5.74) is 1.11. The quantitative estimate of drug-likeness (QED) is 0.473. The molecule has 170 valence electrons. The molecule has 3 aromatic rings. The van der Waals surface area contributed by atoms with Crippen LogP contribution in [0, 0.1) is 5.92 Å². The van der Waals surface area contributed by atoms with Crippen LogP contribution in [0.5, 0.6) is 23.0 Å². The van der Waals surface area contributed by atoms with E-state index in [0.29, 0.717) is 29.5 Å². The fourth-order valence-corrected chi connectivity index (χ4v) is 4.51. The smallest absolute Gasteiger partial charge is 0.225 e. The van der Waals surface area contributed by atoms with E-state index in [0.717, 1.165) is 52.8 Å². The molecule has 0 bridgehead atoms. The van der Waals surface area contributed by atoms with Crippen molar-refractivity contribution >= 4 is 27.5 Å². The predicted octanol–water partition coefficient (Wildman–Crippen LogP) is 4.83. The van der Waals surface area contributed by atoms with Gasteiger partial charge in [0.25, 0.3) is 0 Å². The standard InChI is InChI=1S/C26H31NO5/c1-27(26(28)16-7-6-8-16)12-11-18-14-23(31-4)25(32-5)24-19(18)10-9-17-13-21(29-2)22(30-3)15-20(17)24/h9-10,13-16H,6-8,11-12H2,1-5H3. The number of hydrogen-bond donors (Lipinski definition) is 0. The maximum atomic E-state index is 12.6. The van der Waals surface area contributed by atoms with Gasteiger partial charge in [0.15, 0.2) is 23.0 Å². The lowest BCUT2D eigenvalue weighted by Crippen LogP contribution is -2.37. The van der Waals surface area contributed by atoms with Crippen molar-refractivity contribution in [2.45, 2.75) is 25.7 Å². The Morgan fingerprint density at radius 3 is 2.19 bits per heavy atom. The average Bonchev–Trinajstić information content (AvgIpc) is 2.79. The van der Waals surface area contributed by atoms with Crippen LogP contribution in [0.2, 0.25) is 0 Å². The largest absolute Gasteiger partial charge is 0.493 e. The molecule has 6 nitrogen and oxygen atoms in total. The molecule has 3 aromatic carbocycles. The molecular weight excluding hydrogens is 406 g/mol. The van der Waals surface area contributed by atoms with Gasteiger partial charge >= 0.3 is 0 Å². The maximum absolute atomic E-state index is 12.6. The molecule has 1 aliphatic rings. The minimum absolute atomic E-state index is 0.202. The molecule has 0 heterocycles. The predicted molar refractivity (Wildman–Crippen MR) is 126 cm³/mol. The van der Waals surface area contributed by atoms with E-state index in [1.807, 2.05) is 30.1 Å². The summed E-state index contributed by atoms with van der Waals surface area (Å²) >= 11 is 0. The number of hydrogen-bond acceptors (Lipinski definition) is 5. The maximum Gasteiger partial charge on any atom is 0.225 e. The summed E-state index contributed by atoms with van der Waals surface area (Å²) in [5.74, 6) is 3.15. The van der Waals surface area contributed by atoms with Gasteiger partial charge in [-0.3, -0.25) is 4.79 Å². The van der Waals surface area contributed by atoms with Gasteiger partial charge in [0.1, 0.15) is 0 Å². The van der Waals surface area contributed by atoms with Gasteiger partial charge in [0.2, 0.25) is 5.91 Å². The highest BCUT2D eigenvalue weighted by molar-refractivity contribution is 6.13. The summed E-state index contributed by atoms with van der Waals surface area (Å²) in [6.07, 6.45) is 3.91. The Labute approximate surface area is 189 Å². The molecule has 0 atom stereocenters. The van der Waals surface area contributed by atoms with Gasteiger partial charge in [-0.05, 0) is 59.2 Å². The molecule has 0 unspecified atom stereocenters. The molecular formula is C26H31NO5. The van der Waals surface area contributed by atoms with E-state index in [4.69, 9.17) is 18.9 Å². The van der Waals surface area contributed by atoms with Gasteiger partial charge in [-0.25, -0.2) is 0 Å². The summed E-state index contributed by atoms with van der Waals surface area (Å²) < 4.78 is 22.5. The Morgan fingerprint density at radius 1 is 0.906 bits per heavy atom. The van der Waals surface area contributed by atoms with Crippen molar-refractivity contribution in [2.24, 2.45) is 5.92 Å². The van der Waals surface area contributed by atoms with Gasteiger partial charge in [-0.2, -0.15) is 0 Å². The van der Waals surface area contributed by atoms with Crippen LogP contribution < -0.4 is 18.9 Å². The topological polar surface area (TPSA) is 57.2 Å². The van der Waals surface area contributed by atoms with Crippen molar-refractivity contribution in [3.05, 3.63) is 35.9 Å². The van der Waals surface area contributed by atoms with E-state index < -0.39 is 0 Å². The third-order valence-corrected chi connectivity index (χ3v) is 6.60. The zero-order valence-corrected chi connectivity index (χ0v) is 19.5. The Bertz CT molecular complexity index is 1150. The molecule has 1 fully saturated rings. The van der Waals surface area contributed by atoms with E-state index in [1.54, 1.807) is 28.4 Å². The van der Waals surface area contributed by atoms with Crippen molar-refractivity contribution < 1.29 is 23.7 Å². The van der Waals surface area contributed by atoms with Crippen LogP contribution in [0.3, 0.4) is 0 Å². The third-order valence-electron chi connectivity index (χ3n) is 6.60. The number of ether oxygens (including phenoxy) is 4. The Kier molecular flexibility index (Phi) is 6.31. The fraction of sp³-hybridized carbons (Fsp3) is 0.423. The number of benzene rings is 3.